The van der Waals surface area contributed by atoms with Crippen molar-refractivity contribution < 1.29 is 18.8 Å². The van der Waals surface area contributed by atoms with Crippen LogP contribution in [0.2, 0.25) is 5.02 Å². The molecule has 1 aliphatic heterocycles. The number of amides is 1. The van der Waals surface area contributed by atoms with E-state index in [1.54, 1.807) is 6.07 Å². The zero-order valence-electron chi connectivity index (χ0n) is 15.9. The van der Waals surface area contributed by atoms with Gasteiger partial charge in [0.15, 0.2) is 0 Å². The van der Waals surface area contributed by atoms with E-state index in [1.165, 1.54) is 37.4 Å². The number of methoxy groups -OCH3 is 1. The summed E-state index contributed by atoms with van der Waals surface area (Å²) in [5, 5.41) is 14.3. The number of nitro groups is 1. The van der Waals surface area contributed by atoms with E-state index in [-0.39, 0.29) is 22.8 Å². The third-order valence-electron chi connectivity index (χ3n) is 5.02. The van der Waals surface area contributed by atoms with Crippen LogP contribution in [0.5, 0.6) is 5.75 Å². The molecule has 3 rings (SSSR count). The molecule has 1 aliphatic rings. The van der Waals surface area contributed by atoms with Crippen molar-refractivity contribution in [3.8, 4) is 5.75 Å². The minimum atomic E-state index is -0.632. The Labute approximate surface area is 172 Å². The Hall–Kier alpha value is -2.71. The molecule has 0 aliphatic carbocycles. The van der Waals surface area contributed by atoms with E-state index < -0.39 is 22.7 Å². The number of carbonyl (C=O) groups is 1. The number of nitrogens with zero attached hydrogens (tertiary/aromatic N) is 2. The minimum Gasteiger partial charge on any atom is -0.497 e. The molecule has 0 radical (unpaired) electrons. The number of hydrogen-bond donors (Lipinski definition) is 1. The van der Waals surface area contributed by atoms with Gasteiger partial charge in [-0.25, -0.2) is 4.39 Å². The molecule has 0 spiro atoms. The molecule has 1 unspecified atom stereocenters. The van der Waals surface area contributed by atoms with Gasteiger partial charge in [0.2, 0.25) is 0 Å². The smallest absolute Gasteiger partial charge is 0.282 e. The first-order valence-electron chi connectivity index (χ1n) is 9.21. The second-order valence-electron chi connectivity index (χ2n) is 6.74. The van der Waals surface area contributed by atoms with Gasteiger partial charge in [-0.1, -0.05) is 17.7 Å². The van der Waals surface area contributed by atoms with Crippen molar-refractivity contribution in [2.75, 3.05) is 26.7 Å². The summed E-state index contributed by atoms with van der Waals surface area (Å²) in [5.41, 5.74) is -0.129. The van der Waals surface area contributed by atoms with Crippen molar-refractivity contribution >= 4 is 23.2 Å². The van der Waals surface area contributed by atoms with Crippen molar-refractivity contribution in [1.29, 1.82) is 0 Å². The van der Waals surface area contributed by atoms with Crippen LogP contribution in [0.25, 0.3) is 0 Å². The second-order valence-corrected chi connectivity index (χ2v) is 7.15. The largest absolute Gasteiger partial charge is 0.497 e. The lowest BCUT2D eigenvalue weighted by Crippen LogP contribution is -2.37. The van der Waals surface area contributed by atoms with Crippen LogP contribution in [-0.2, 0) is 0 Å². The van der Waals surface area contributed by atoms with Crippen LogP contribution >= 0.6 is 11.6 Å². The highest BCUT2D eigenvalue weighted by atomic mass is 35.5. The molecule has 1 N–H and O–H groups in total. The lowest BCUT2D eigenvalue weighted by Gasteiger charge is -2.29. The van der Waals surface area contributed by atoms with Gasteiger partial charge in [-0.3, -0.25) is 19.8 Å². The van der Waals surface area contributed by atoms with Crippen molar-refractivity contribution in [2.24, 2.45) is 0 Å². The molecular formula is C20H21ClFN3O4. The first-order chi connectivity index (χ1) is 13.9. The SMILES string of the molecule is COc1ccc([N+](=O)[O-])c(C(=O)NCC(c2c(F)cccc2Cl)N2CCCC2)c1. The Kier molecular flexibility index (Phi) is 6.66. The molecule has 0 aromatic heterocycles. The van der Waals surface area contributed by atoms with Gasteiger partial charge in [0.1, 0.15) is 17.1 Å². The van der Waals surface area contributed by atoms with Gasteiger partial charge in [-0.05, 0) is 50.2 Å². The number of ether oxygens (including phenoxy) is 1. The van der Waals surface area contributed by atoms with Gasteiger partial charge >= 0.3 is 0 Å². The lowest BCUT2D eigenvalue weighted by molar-refractivity contribution is -0.385. The van der Waals surface area contributed by atoms with E-state index in [0.717, 1.165) is 25.9 Å². The molecule has 1 saturated heterocycles. The van der Waals surface area contributed by atoms with Crippen LogP contribution in [0.15, 0.2) is 36.4 Å². The van der Waals surface area contributed by atoms with Gasteiger partial charge in [0, 0.05) is 23.2 Å². The molecule has 0 bridgehead atoms. The third-order valence-corrected chi connectivity index (χ3v) is 5.34. The van der Waals surface area contributed by atoms with E-state index in [0.29, 0.717) is 11.3 Å². The van der Waals surface area contributed by atoms with Gasteiger partial charge in [0.25, 0.3) is 11.6 Å². The van der Waals surface area contributed by atoms with Crippen LogP contribution in [0.1, 0.15) is 34.8 Å². The standard InChI is InChI=1S/C20H21ClFN3O4/c1-29-13-7-8-17(25(27)28)14(11-13)20(26)23-12-18(24-9-2-3-10-24)19-15(21)5-4-6-16(19)22/h4-8,11,18H,2-3,9-10,12H2,1H3,(H,23,26). The predicted molar refractivity (Wildman–Crippen MR) is 107 cm³/mol. The Morgan fingerprint density at radius 3 is 2.69 bits per heavy atom. The van der Waals surface area contributed by atoms with Crippen LogP contribution < -0.4 is 10.1 Å². The van der Waals surface area contributed by atoms with E-state index in [9.17, 15) is 19.3 Å². The highest BCUT2D eigenvalue weighted by Crippen LogP contribution is 2.32. The monoisotopic (exact) mass is 421 g/mol. The fourth-order valence-electron chi connectivity index (χ4n) is 3.56. The van der Waals surface area contributed by atoms with Crippen molar-refractivity contribution in [3.63, 3.8) is 0 Å². The average Bonchev–Trinajstić information content (AvgIpc) is 3.23. The summed E-state index contributed by atoms with van der Waals surface area (Å²) in [4.78, 5) is 25.5. The Bertz CT molecular complexity index is 898. The Morgan fingerprint density at radius 2 is 2.07 bits per heavy atom. The third kappa shape index (κ3) is 4.65. The van der Waals surface area contributed by atoms with E-state index in [2.05, 4.69) is 10.2 Å². The molecule has 7 nitrogen and oxygen atoms in total. The Balaban J connectivity index is 1.87. The molecule has 154 valence electrons. The number of rotatable bonds is 7. The maximum absolute atomic E-state index is 14.5. The molecule has 1 amide bonds. The number of hydrogen-bond acceptors (Lipinski definition) is 5. The number of likely N-dealkylation sites (tertiary alicyclic amines) is 1. The molecule has 9 heteroatoms. The highest BCUT2D eigenvalue weighted by Gasteiger charge is 2.29. The molecule has 0 saturated carbocycles. The summed E-state index contributed by atoms with van der Waals surface area (Å²) in [5.74, 6) is -0.753. The number of carbonyl (C=O) groups excluding carboxylic acids is 1. The Morgan fingerprint density at radius 1 is 1.34 bits per heavy atom. The zero-order chi connectivity index (χ0) is 21.0. The van der Waals surface area contributed by atoms with E-state index in [1.807, 2.05) is 0 Å². The quantitative estimate of drug-likeness (QED) is 0.540. The van der Waals surface area contributed by atoms with Gasteiger partial charge in [-0.2, -0.15) is 0 Å². The maximum Gasteiger partial charge on any atom is 0.282 e. The van der Waals surface area contributed by atoms with Crippen molar-refractivity contribution in [3.05, 3.63) is 68.5 Å². The van der Waals surface area contributed by atoms with Crippen LogP contribution in [0, 0.1) is 15.9 Å². The fraction of sp³-hybridized carbons (Fsp3) is 0.350. The molecule has 2 aromatic rings. The summed E-state index contributed by atoms with van der Waals surface area (Å²) < 4.78 is 19.6. The van der Waals surface area contributed by atoms with Gasteiger partial charge in [0.05, 0.1) is 18.1 Å². The highest BCUT2D eigenvalue weighted by molar-refractivity contribution is 6.31. The average molecular weight is 422 g/mol. The first kappa shape index (κ1) is 21.0. The lowest BCUT2D eigenvalue weighted by atomic mass is 10.0. The minimum absolute atomic E-state index is 0.0633. The first-order valence-corrected chi connectivity index (χ1v) is 9.58. The van der Waals surface area contributed by atoms with Crippen LogP contribution in [-0.4, -0.2) is 42.5 Å². The molecular weight excluding hydrogens is 401 g/mol. The van der Waals surface area contributed by atoms with Gasteiger partial charge in [-0.15, -0.1) is 0 Å². The van der Waals surface area contributed by atoms with Crippen molar-refractivity contribution in [2.45, 2.75) is 18.9 Å². The number of benzene rings is 2. The topological polar surface area (TPSA) is 84.7 Å². The molecule has 1 atom stereocenters. The molecule has 29 heavy (non-hydrogen) atoms. The molecule has 1 fully saturated rings. The fourth-order valence-corrected chi connectivity index (χ4v) is 3.85. The maximum atomic E-state index is 14.5. The van der Waals surface area contributed by atoms with Crippen LogP contribution in [0.3, 0.4) is 0 Å². The summed E-state index contributed by atoms with van der Waals surface area (Å²) in [6.07, 6.45) is 1.94. The summed E-state index contributed by atoms with van der Waals surface area (Å²) in [7, 11) is 1.41. The molecule has 2 aromatic carbocycles. The van der Waals surface area contributed by atoms with E-state index >= 15 is 0 Å². The summed E-state index contributed by atoms with van der Waals surface area (Å²) in [6.45, 7) is 1.57. The van der Waals surface area contributed by atoms with Crippen molar-refractivity contribution in [1.82, 2.24) is 10.2 Å². The van der Waals surface area contributed by atoms with Gasteiger partial charge < -0.3 is 10.1 Å². The number of nitrogens with one attached hydrogen (secondary N) is 1. The molecule has 1 heterocycles. The predicted octanol–water partition coefficient (Wildman–Crippen LogP) is 3.96. The zero-order valence-corrected chi connectivity index (χ0v) is 16.6. The second kappa shape index (κ2) is 9.19. The number of halogens is 2. The van der Waals surface area contributed by atoms with E-state index in [4.69, 9.17) is 16.3 Å². The summed E-state index contributed by atoms with van der Waals surface area (Å²) >= 11 is 6.26. The van der Waals surface area contributed by atoms with Crippen LogP contribution in [0.4, 0.5) is 10.1 Å². The number of nitro benzene ring substituents is 1. The summed E-state index contributed by atoms with van der Waals surface area (Å²) in [6, 6.07) is 7.95. The normalized spacial score (nSPS) is 15.1.